The van der Waals surface area contributed by atoms with Crippen molar-refractivity contribution in [2.45, 2.75) is 4.90 Å². The van der Waals surface area contributed by atoms with E-state index in [0.717, 1.165) is 12.1 Å². The van der Waals surface area contributed by atoms with Crippen LogP contribution in [-0.2, 0) is 10.0 Å². The van der Waals surface area contributed by atoms with E-state index in [4.69, 9.17) is 5.84 Å². The summed E-state index contributed by atoms with van der Waals surface area (Å²) < 4.78 is 26.7. The summed E-state index contributed by atoms with van der Waals surface area (Å²) in [5, 5.41) is 11.0. The lowest BCUT2D eigenvalue weighted by Crippen LogP contribution is -2.16. The van der Waals surface area contributed by atoms with E-state index >= 15 is 0 Å². The zero-order chi connectivity index (χ0) is 15.5. The molecule has 2 aromatic rings. The Hall–Kier alpha value is -2.72. The number of hydrazine groups is 1. The van der Waals surface area contributed by atoms with Gasteiger partial charge in [-0.3, -0.25) is 20.7 Å². The van der Waals surface area contributed by atoms with E-state index in [1.54, 1.807) is 12.1 Å². The molecule has 0 bridgehead atoms. The lowest BCUT2D eigenvalue weighted by molar-refractivity contribution is -0.387. The van der Waals surface area contributed by atoms with E-state index < -0.39 is 25.5 Å². The molecule has 0 fully saturated rings. The number of nitro groups is 1. The molecule has 21 heavy (non-hydrogen) atoms. The molecular weight excluding hydrogens is 298 g/mol. The highest BCUT2D eigenvalue weighted by atomic mass is 32.2. The van der Waals surface area contributed by atoms with E-state index in [0.29, 0.717) is 0 Å². The van der Waals surface area contributed by atoms with Crippen molar-refractivity contribution in [2.24, 2.45) is 5.84 Å². The molecule has 110 valence electrons. The summed E-state index contributed by atoms with van der Waals surface area (Å²) in [6.07, 6.45) is 1.39. The topological polar surface area (TPSA) is 140 Å². The number of aromatic nitrogens is 1. The maximum atomic E-state index is 12.3. The van der Waals surface area contributed by atoms with Crippen LogP contribution >= 0.6 is 0 Å². The quantitative estimate of drug-likeness (QED) is 0.426. The third kappa shape index (κ3) is 3.24. The minimum Gasteiger partial charge on any atom is -0.324 e. The van der Waals surface area contributed by atoms with Crippen molar-refractivity contribution in [2.75, 3.05) is 10.1 Å². The molecular formula is C11H11N5O4S. The molecule has 0 unspecified atom stereocenters. The first-order valence-corrected chi connectivity index (χ1v) is 7.11. The zero-order valence-corrected chi connectivity index (χ0v) is 11.4. The van der Waals surface area contributed by atoms with Crippen LogP contribution in [0.3, 0.4) is 0 Å². The summed E-state index contributed by atoms with van der Waals surface area (Å²) in [5.41, 5.74) is 1.91. The monoisotopic (exact) mass is 309 g/mol. The summed E-state index contributed by atoms with van der Waals surface area (Å²) in [6, 6.07) is 8.05. The summed E-state index contributed by atoms with van der Waals surface area (Å²) in [4.78, 5) is 13.5. The van der Waals surface area contributed by atoms with Crippen molar-refractivity contribution in [1.82, 2.24) is 4.98 Å². The highest BCUT2D eigenvalue weighted by Gasteiger charge is 2.26. The van der Waals surface area contributed by atoms with Gasteiger partial charge in [0.1, 0.15) is 5.82 Å². The Morgan fingerprint density at radius 1 is 1.24 bits per heavy atom. The SMILES string of the molecule is NNc1ccc([N+](=O)[O-])c(S(=O)(=O)Nc2ccccn2)c1. The van der Waals surface area contributed by atoms with Crippen molar-refractivity contribution in [3.63, 3.8) is 0 Å². The number of nitrogens with zero attached hydrogens (tertiary/aromatic N) is 2. The predicted octanol–water partition coefficient (Wildman–Crippen LogP) is 1.08. The van der Waals surface area contributed by atoms with Gasteiger partial charge in [0.25, 0.3) is 15.7 Å². The van der Waals surface area contributed by atoms with E-state index in [2.05, 4.69) is 15.1 Å². The van der Waals surface area contributed by atoms with Gasteiger partial charge in [-0.1, -0.05) is 6.07 Å². The fraction of sp³-hybridized carbons (Fsp3) is 0. The Balaban J connectivity index is 2.50. The second-order valence-electron chi connectivity index (χ2n) is 3.90. The number of sulfonamides is 1. The van der Waals surface area contributed by atoms with Gasteiger partial charge >= 0.3 is 0 Å². The van der Waals surface area contributed by atoms with Crippen molar-refractivity contribution in [3.05, 3.63) is 52.7 Å². The fourth-order valence-corrected chi connectivity index (χ4v) is 2.79. The van der Waals surface area contributed by atoms with E-state index in [1.165, 1.54) is 18.3 Å². The first-order valence-electron chi connectivity index (χ1n) is 5.63. The van der Waals surface area contributed by atoms with Crippen LogP contribution in [0.1, 0.15) is 0 Å². The number of nitrogen functional groups attached to an aromatic ring is 1. The molecule has 0 saturated carbocycles. The molecule has 9 nitrogen and oxygen atoms in total. The Morgan fingerprint density at radius 2 is 2.00 bits per heavy atom. The molecule has 10 heteroatoms. The lowest BCUT2D eigenvalue weighted by Gasteiger charge is -2.09. The van der Waals surface area contributed by atoms with Gasteiger partial charge in [-0.05, 0) is 24.3 Å². The van der Waals surface area contributed by atoms with Crippen molar-refractivity contribution < 1.29 is 13.3 Å². The molecule has 0 aliphatic carbocycles. The zero-order valence-electron chi connectivity index (χ0n) is 10.6. The van der Waals surface area contributed by atoms with Crippen LogP contribution in [0.5, 0.6) is 0 Å². The molecule has 1 aromatic carbocycles. The summed E-state index contributed by atoms with van der Waals surface area (Å²) >= 11 is 0. The number of hydrogen-bond donors (Lipinski definition) is 3. The van der Waals surface area contributed by atoms with E-state index in [9.17, 15) is 18.5 Å². The van der Waals surface area contributed by atoms with Crippen LogP contribution in [0.4, 0.5) is 17.2 Å². The van der Waals surface area contributed by atoms with Crippen LogP contribution in [0, 0.1) is 10.1 Å². The van der Waals surface area contributed by atoms with Crippen molar-refractivity contribution in [3.8, 4) is 0 Å². The summed E-state index contributed by atoms with van der Waals surface area (Å²) in [6.45, 7) is 0. The minimum absolute atomic E-state index is 0.0536. The molecule has 0 amide bonds. The van der Waals surface area contributed by atoms with Crippen LogP contribution in [0.15, 0.2) is 47.5 Å². The maximum absolute atomic E-state index is 12.3. The predicted molar refractivity (Wildman–Crippen MR) is 76.0 cm³/mol. The van der Waals surface area contributed by atoms with Gasteiger partial charge < -0.3 is 5.43 Å². The van der Waals surface area contributed by atoms with Crippen LogP contribution in [-0.4, -0.2) is 18.3 Å². The molecule has 0 radical (unpaired) electrons. The number of nitrogens with one attached hydrogen (secondary N) is 2. The number of nitro benzene ring substituents is 1. The normalized spacial score (nSPS) is 10.9. The summed E-state index contributed by atoms with van der Waals surface area (Å²) in [7, 11) is -4.17. The van der Waals surface area contributed by atoms with Crippen molar-refractivity contribution >= 4 is 27.2 Å². The van der Waals surface area contributed by atoms with Gasteiger partial charge in [0.15, 0.2) is 4.90 Å². The second kappa shape index (κ2) is 5.73. The third-order valence-corrected chi connectivity index (χ3v) is 3.90. The van der Waals surface area contributed by atoms with Crippen LogP contribution < -0.4 is 16.0 Å². The van der Waals surface area contributed by atoms with Crippen LogP contribution in [0.2, 0.25) is 0 Å². The minimum atomic E-state index is -4.17. The first kappa shape index (κ1) is 14.7. The second-order valence-corrected chi connectivity index (χ2v) is 5.56. The standard InChI is InChI=1S/C11H11N5O4S/c12-14-8-4-5-9(16(17)18)10(7-8)21(19,20)15-11-3-1-2-6-13-11/h1-7,14H,12H2,(H,13,15). The van der Waals surface area contributed by atoms with Gasteiger partial charge in [-0.15, -0.1) is 0 Å². The molecule has 0 aliphatic heterocycles. The maximum Gasteiger partial charge on any atom is 0.290 e. The molecule has 0 atom stereocenters. The number of rotatable bonds is 5. The Kier molecular flexibility index (Phi) is 4.00. The van der Waals surface area contributed by atoms with Gasteiger partial charge in [0, 0.05) is 12.3 Å². The lowest BCUT2D eigenvalue weighted by atomic mass is 10.3. The Morgan fingerprint density at radius 3 is 2.57 bits per heavy atom. The molecule has 2 rings (SSSR count). The average Bonchev–Trinajstić information content (AvgIpc) is 2.47. The van der Waals surface area contributed by atoms with Gasteiger partial charge in [0.2, 0.25) is 0 Å². The highest BCUT2D eigenvalue weighted by molar-refractivity contribution is 7.92. The Labute approximate surface area is 120 Å². The average molecular weight is 309 g/mol. The third-order valence-electron chi connectivity index (χ3n) is 2.52. The fourth-order valence-electron chi connectivity index (χ4n) is 1.59. The molecule has 1 heterocycles. The molecule has 0 spiro atoms. The van der Waals surface area contributed by atoms with E-state index in [-0.39, 0.29) is 11.5 Å². The smallest absolute Gasteiger partial charge is 0.290 e. The summed E-state index contributed by atoms with van der Waals surface area (Å²) in [5.74, 6) is 5.25. The number of pyridine rings is 1. The van der Waals surface area contributed by atoms with E-state index in [1.807, 2.05) is 0 Å². The first-order chi connectivity index (χ1) is 9.94. The van der Waals surface area contributed by atoms with Crippen molar-refractivity contribution in [1.29, 1.82) is 0 Å². The molecule has 0 saturated heterocycles. The molecule has 1 aromatic heterocycles. The number of hydrogen-bond acceptors (Lipinski definition) is 7. The van der Waals surface area contributed by atoms with Crippen LogP contribution in [0.25, 0.3) is 0 Å². The number of anilines is 2. The number of nitrogens with two attached hydrogens (primary N) is 1. The number of benzene rings is 1. The van der Waals surface area contributed by atoms with Gasteiger partial charge in [-0.25, -0.2) is 13.4 Å². The Bertz CT molecular complexity index is 763. The molecule has 0 aliphatic rings. The highest BCUT2D eigenvalue weighted by Crippen LogP contribution is 2.28. The largest absolute Gasteiger partial charge is 0.324 e. The van der Waals surface area contributed by atoms with Gasteiger partial charge in [0.05, 0.1) is 10.6 Å². The van der Waals surface area contributed by atoms with Gasteiger partial charge in [-0.2, -0.15) is 0 Å². The molecule has 4 N–H and O–H groups in total.